The summed E-state index contributed by atoms with van der Waals surface area (Å²) in [5.74, 6) is -0.783. The molecule has 0 fully saturated rings. The van der Waals surface area contributed by atoms with Gasteiger partial charge in [0.2, 0.25) is 0 Å². The molecule has 122 valence electrons. The normalized spacial score (nSPS) is 10.4. The van der Waals surface area contributed by atoms with E-state index >= 15 is 0 Å². The Balaban J connectivity index is 1.98. The van der Waals surface area contributed by atoms with Crippen molar-refractivity contribution < 1.29 is 14.3 Å². The maximum absolute atomic E-state index is 12.1. The highest BCUT2D eigenvalue weighted by molar-refractivity contribution is 7.12. The van der Waals surface area contributed by atoms with Crippen molar-refractivity contribution in [2.24, 2.45) is 0 Å². The van der Waals surface area contributed by atoms with Gasteiger partial charge in [0, 0.05) is 15.4 Å². The quantitative estimate of drug-likeness (QED) is 0.842. The van der Waals surface area contributed by atoms with Crippen LogP contribution in [0.4, 0.5) is 5.69 Å². The predicted molar refractivity (Wildman–Crippen MR) is 93.3 cm³/mol. The summed E-state index contributed by atoms with van der Waals surface area (Å²) in [5, 5.41) is 2.84. The number of carbonyl (C=O) groups excluding carboxylic acids is 2. The standard InChI is InChI=1S/C18H21NO3S/c1-5-14-8-6-7-11(2)17(14)19-16(20)10-22-18(21)15-9-12(3)23-13(15)4/h6-9H,5,10H2,1-4H3,(H,19,20). The van der Waals surface area contributed by atoms with Gasteiger partial charge in [-0.25, -0.2) is 4.79 Å². The van der Waals surface area contributed by atoms with Crippen LogP contribution in [0.15, 0.2) is 24.3 Å². The predicted octanol–water partition coefficient (Wildman–Crippen LogP) is 4.03. The van der Waals surface area contributed by atoms with E-state index in [-0.39, 0.29) is 12.5 Å². The Hall–Kier alpha value is -2.14. The molecule has 1 aromatic carbocycles. The summed E-state index contributed by atoms with van der Waals surface area (Å²) in [6, 6.07) is 7.67. The number of nitrogens with one attached hydrogen (secondary N) is 1. The summed E-state index contributed by atoms with van der Waals surface area (Å²) in [6.07, 6.45) is 0.824. The maximum Gasteiger partial charge on any atom is 0.339 e. The van der Waals surface area contributed by atoms with Crippen LogP contribution >= 0.6 is 11.3 Å². The lowest BCUT2D eigenvalue weighted by Crippen LogP contribution is -2.22. The molecule has 2 rings (SSSR count). The van der Waals surface area contributed by atoms with Crippen molar-refractivity contribution in [2.45, 2.75) is 34.1 Å². The Labute approximate surface area is 140 Å². The molecule has 1 amide bonds. The average molecular weight is 331 g/mol. The van der Waals surface area contributed by atoms with Crippen molar-refractivity contribution >= 4 is 28.9 Å². The van der Waals surface area contributed by atoms with Gasteiger partial charge in [0.1, 0.15) is 0 Å². The molecule has 4 nitrogen and oxygen atoms in total. The average Bonchev–Trinajstić information content (AvgIpc) is 2.85. The van der Waals surface area contributed by atoms with Crippen LogP contribution in [0.5, 0.6) is 0 Å². The Kier molecular flexibility index (Phi) is 5.55. The van der Waals surface area contributed by atoms with Crippen molar-refractivity contribution in [3.05, 3.63) is 50.7 Å². The molecule has 0 aliphatic heterocycles. The largest absolute Gasteiger partial charge is 0.452 e. The van der Waals surface area contributed by atoms with Crippen molar-refractivity contribution in [1.82, 2.24) is 0 Å². The first kappa shape index (κ1) is 17.2. The number of thiophene rings is 1. The number of hydrogen-bond donors (Lipinski definition) is 1. The minimum Gasteiger partial charge on any atom is -0.452 e. The van der Waals surface area contributed by atoms with Gasteiger partial charge in [-0.05, 0) is 44.4 Å². The molecule has 2 aromatic rings. The molecule has 0 spiro atoms. The van der Waals surface area contributed by atoms with Gasteiger partial charge in [-0.15, -0.1) is 11.3 Å². The minimum absolute atomic E-state index is 0.287. The first-order chi connectivity index (χ1) is 10.9. The number of anilines is 1. The lowest BCUT2D eigenvalue weighted by Gasteiger charge is -2.13. The van der Waals surface area contributed by atoms with Crippen LogP contribution in [0.25, 0.3) is 0 Å². The molecular weight excluding hydrogens is 310 g/mol. The van der Waals surface area contributed by atoms with E-state index < -0.39 is 5.97 Å². The Morgan fingerprint density at radius 2 is 1.96 bits per heavy atom. The summed E-state index contributed by atoms with van der Waals surface area (Å²) in [7, 11) is 0. The molecule has 0 saturated heterocycles. The first-order valence-electron chi connectivity index (χ1n) is 7.54. The molecule has 0 unspecified atom stereocenters. The second-order valence-electron chi connectivity index (χ2n) is 5.41. The molecule has 5 heteroatoms. The lowest BCUT2D eigenvalue weighted by atomic mass is 10.1. The molecule has 23 heavy (non-hydrogen) atoms. The number of carbonyl (C=O) groups is 2. The molecule has 0 saturated carbocycles. The maximum atomic E-state index is 12.1. The van der Waals surface area contributed by atoms with Gasteiger partial charge >= 0.3 is 5.97 Å². The molecule has 1 aromatic heterocycles. The SMILES string of the molecule is CCc1cccc(C)c1NC(=O)COC(=O)c1cc(C)sc1C. The van der Waals surface area contributed by atoms with Gasteiger partial charge in [-0.3, -0.25) is 4.79 Å². The third kappa shape index (κ3) is 4.20. The highest BCUT2D eigenvalue weighted by Gasteiger charge is 2.16. The van der Waals surface area contributed by atoms with Crippen LogP contribution in [0.1, 0.15) is 38.2 Å². The topological polar surface area (TPSA) is 55.4 Å². The zero-order chi connectivity index (χ0) is 17.0. The summed E-state index contributed by atoms with van der Waals surface area (Å²) in [5.41, 5.74) is 3.39. The smallest absolute Gasteiger partial charge is 0.339 e. The molecule has 0 aliphatic carbocycles. The molecule has 0 atom stereocenters. The number of hydrogen-bond acceptors (Lipinski definition) is 4. The fourth-order valence-corrected chi connectivity index (χ4v) is 3.33. The highest BCUT2D eigenvalue weighted by atomic mass is 32.1. The van der Waals surface area contributed by atoms with Crippen LogP contribution in [0.3, 0.4) is 0 Å². The van der Waals surface area contributed by atoms with E-state index in [2.05, 4.69) is 5.32 Å². The van der Waals surface area contributed by atoms with Gasteiger partial charge in [-0.2, -0.15) is 0 Å². The lowest BCUT2D eigenvalue weighted by molar-refractivity contribution is -0.119. The molecule has 0 bridgehead atoms. The molecule has 1 heterocycles. The number of aryl methyl sites for hydroxylation is 4. The summed E-state index contributed by atoms with van der Waals surface area (Å²) >= 11 is 1.54. The molecule has 0 radical (unpaired) electrons. The third-order valence-corrected chi connectivity index (χ3v) is 4.57. The van der Waals surface area contributed by atoms with E-state index in [9.17, 15) is 9.59 Å². The second-order valence-corrected chi connectivity index (χ2v) is 6.87. The third-order valence-electron chi connectivity index (χ3n) is 3.60. The van der Waals surface area contributed by atoms with Crippen LogP contribution in [-0.4, -0.2) is 18.5 Å². The monoisotopic (exact) mass is 331 g/mol. The Morgan fingerprint density at radius 1 is 1.22 bits per heavy atom. The Morgan fingerprint density at radius 3 is 2.57 bits per heavy atom. The van der Waals surface area contributed by atoms with E-state index in [0.29, 0.717) is 5.56 Å². The van der Waals surface area contributed by atoms with Gasteiger partial charge in [0.15, 0.2) is 6.61 Å². The van der Waals surface area contributed by atoms with E-state index in [1.807, 2.05) is 45.9 Å². The second kappa shape index (κ2) is 7.42. The number of benzene rings is 1. The molecular formula is C18H21NO3S. The fourth-order valence-electron chi connectivity index (χ4n) is 2.42. The van der Waals surface area contributed by atoms with Crippen LogP contribution in [0, 0.1) is 20.8 Å². The van der Waals surface area contributed by atoms with Gasteiger partial charge in [-0.1, -0.05) is 25.1 Å². The zero-order valence-corrected chi connectivity index (χ0v) is 14.7. The summed E-state index contributed by atoms with van der Waals surface area (Å²) in [4.78, 5) is 26.1. The first-order valence-corrected chi connectivity index (χ1v) is 8.36. The number of ether oxygens (including phenoxy) is 1. The number of amides is 1. The number of para-hydroxylation sites is 1. The molecule has 1 N–H and O–H groups in total. The van der Waals surface area contributed by atoms with E-state index in [1.165, 1.54) is 11.3 Å². The summed E-state index contributed by atoms with van der Waals surface area (Å²) in [6.45, 7) is 7.50. The van der Waals surface area contributed by atoms with Crippen molar-refractivity contribution in [2.75, 3.05) is 11.9 Å². The van der Waals surface area contributed by atoms with E-state index in [4.69, 9.17) is 4.74 Å². The van der Waals surface area contributed by atoms with Crippen LogP contribution < -0.4 is 5.32 Å². The number of rotatable bonds is 5. The Bertz CT molecular complexity index is 734. The van der Waals surface area contributed by atoms with Gasteiger partial charge < -0.3 is 10.1 Å². The minimum atomic E-state index is -0.456. The van der Waals surface area contributed by atoms with Crippen molar-refractivity contribution in [3.63, 3.8) is 0 Å². The van der Waals surface area contributed by atoms with Crippen molar-refractivity contribution in [3.8, 4) is 0 Å². The van der Waals surface area contributed by atoms with Crippen LogP contribution in [0.2, 0.25) is 0 Å². The van der Waals surface area contributed by atoms with E-state index in [0.717, 1.165) is 33.0 Å². The molecule has 0 aliphatic rings. The highest BCUT2D eigenvalue weighted by Crippen LogP contribution is 2.22. The number of esters is 1. The van der Waals surface area contributed by atoms with Gasteiger partial charge in [0.05, 0.1) is 5.56 Å². The van der Waals surface area contributed by atoms with Crippen molar-refractivity contribution in [1.29, 1.82) is 0 Å². The van der Waals surface area contributed by atoms with E-state index in [1.54, 1.807) is 6.07 Å². The zero-order valence-electron chi connectivity index (χ0n) is 13.9. The summed E-state index contributed by atoms with van der Waals surface area (Å²) < 4.78 is 5.13. The van der Waals surface area contributed by atoms with Crippen LogP contribution in [-0.2, 0) is 16.0 Å². The fraction of sp³-hybridized carbons (Fsp3) is 0.333. The van der Waals surface area contributed by atoms with Gasteiger partial charge in [0.25, 0.3) is 5.91 Å².